The molecular weight excluding hydrogens is 250 g/mol. The van der Waals surface area contributed by atoms with Crippen molar-refractivity contribution >= 4 is 17.8 Å². The van der Waals surface area contributed by atoms with E-state index in [1.165, 1.54) is 6.92 Å². The van der Waals surface area contributed by atoms with Gasteiger partial charge in [0, 0.05) is 17.7 Å². The van der Waals surface area contributed by atoms with Gasteiger partial charge in [-0.15, -0.1) is 0 Å². The molecule has 1 heterocycles. The second kappa shape index (κ2) is 4.56. The van der Waals surface area contributed by atoms with Gasteiger partial charge in [0.15, 0.2) is 5.54 Å². The van der Waals surface area contributed by atoms with Crippen LogP contribution in [0.3, 0.4) is 0 Å². The van der Waals surface area contributed by atoms with Crippen molar-refractivity contribution in [2.24, 2.45) is 0 Å². The molecule has 0 unspecified atom stereocenters. The molecule has 6 heteroatoms. The Balaban J connectivity index is 2.26. The van der Waals surface area contributed by atoms with E-state index in [1.54, 1.807) is 24.3 Å². The van der Waals surface area contributed by atoms with E-state index in [9.17, 15) is 14.4 Å². The molecule has 1 aromatic carbocycles. The second-order valence-electron chi connectivity index (χ2n) is 4.17. The first-order valence-corrected chi connectivity index (χ1v) is 5.48. The molecule has 1 atom stereocenters. The molecule has 0 saturated heterocycles. The summed E-state index contributed by atoms with van der Waals surface area (Å²) >= 11 is 0. The molecule has 0 fully saturated rings. The summed E-state index contributed by atoms with van der Waals surface area (Å²) in [5, 5.41) is 10.9. The van der Waals surface area contributed by atoms with Crippen LogP contribution in [0.4, 0.5) is 0 Å². The van der Waals surface area contributed by atoms with Crippen LogP contribution in [-0.2, 0) is 19.9 Å². The number of hydrogen-bond donors (Lipinski definition) is 2. The number of carboxylic acid groups (broad SMARTS) is 1. The summed E-state index contributed by atoms with van der Waals surface area (Å²) in [5.41, 5.74) is -0.770. The lowest BCUT2D eigenvalue weighted by Crippen LogP contribution is -2.47. The molecule has 1 aliphatic heterocycles. The van der Waals surface area contributed by atoms with E-state index in [1.807, 2.05) is 0 Å². The van der Waals surface area contributed by atoms with Gasteiger partial charge in [-0.1, -0.05) is 18.2 Å². The minimum atomic E-state index is -1.31. The molecule has 2 N–H and O–H groups in total. The average Bonchev–Trinajstić information content (AvgIpc) is 2.60. The maximum absolute atomic E-state index is 11.8. The third kappa shape index (κ3) is 2.33. The molecule has 0 saturated carbocycles. The monoisotopic (exact) mass is 261 g/mol. The highest BCUT2D eigenvalue weighted by Gasteiger charge is 2.45. The van der Waals surface area contributed by atoms with Crippen molar-refractivity contribution in [2.75, 3.05) is 0 Å². The largest absolute Gasteiger partial charge is 0.478 e. The van der Waals surface area contributed by atoms with E-state index in [0.717, 1.165) is 6.08 Å². The Morgan fingerprint density at radius 3 is 2.68 bits per heavy atom. The molecule has 0 aromatic heterocycles. The number of fused-ring (bicyclic) bond motifs is 1. The van der Waals surface area contributed by atoms with Gasteiger partial charge in [0.25, 0.3) is 0 Å². The first kappa shape index (κ1) is 12.8. The number of rotatable bonds is 3. The molecule has 98 valence electrons. The van der Waals surface area contributed by atoms with Crippen molar-refractivity contribution in [3.8, 4) is 5.75 Å². The SMILES string of the molecule is C[C@@]1(NC(=O)/C=C/C(=O)O)C(=O)Oc2ccccc21. The normalized spacial score (nSPS) is 21.0. The second-order valence-corrected chi connectivity index (χ2v) is 4.17. The summed E-state index contributed by atoms with van der Waals surface area (Å²) in [4.78, 5) is 33.8. The van der Waals surface area contributed by atoms with Crippen molar-refractivity contribution < 1.29 is 24.2 Å². The van der Waals surface area contributed by atoms with Crippen LogP contribution < -0.4 is 10.1 Å². The third-order valence-electron chi connectivity index (χ3n) is 2.79. The number of aliphatic carboxylic acids is 1. The Morgan fingerprint density at radius 2 is 2.00 bits per heavy atom. The van der Waals surface area contributed by atoms with E-state index in [0.29, 0.717) is 17.4 Å². The lowest BCUT2D eigenvalue weighted by atomic mass is 9.93. The number of esters is 1. The van der Waals surface area contributed by atoms with Gasteiger partial charge in [-0.05, 0) is 13.0 Å². The molecule has 2 rings (SSSR count). The average molecular weight is 261 g/mol. The van der Waals surface area contributed by atoms with Crippen LogP contribution in [0.1, 0.15) is 12.5 Å². The van der Waals surface area contributed by atoms with Crippen LogP contribution in [0.2, 0.25) is 0 Å². The summed E-state index contributed by atoms with van der Waals surface area (Å²) in [6.07, 6.45) is 1.55. The van der Waals surface area contributed by atoms with E-state index < -0.39 is 23.4 Å². The summed E-state index contributed by atoms with van der Waals surface area (Å²) < 4.78 is 5.05. The van der Waals surface area contributed by atoms with Gasteiger partial charge in [-0.3, -0.25) is 4.79 Å². The molecular formula is C13H11NO5. The molecule has 1 amide bonds. The van der Waals surface area contributed by atoms with Crippen molar-refractivity contribution in [1.82, 2.24) is 5.32 Å². The predicted octanol–water partition coefficient (Wildman–Crippen LogP) is 0.578. The minimum Gasteiger partial charge on any atom is -0.478 e. The van der Waals surface area contributed by atoms with E-state index >= 15 is 0 Å². The highest BCUT2D eigenvalue weighted by atomic mass is 16.5. The number of benzene rings is 1. The van der Waals surface area contributed by atoms with Crippen LogP contribution in [0.25, 0.3) is 0 Å². The Kier molecular flexibility index (Phi) is 3.08. The lowest BCUT2D eigenvalue weighted by molar-refractivity contribution is -0.141. The zero-order valence-electron chi connectivity index (χ0n) is 10.0. The first-order valence-electron chi connectivity index (χ1n) is 5.48. The fourth-order valence-corrected chi connectivity index (χ4v) is 1.83. The minimum absolute atomic E-state index is 0.387. The van der Waals surface area contributed by atoms with Crippen LogP contribution in [0.5, 0.6) is 5.75 Å². The topological polar surface area (TPSA) is 92.7 Å². The Morgan fingerprint density at radius 1 is 1.32 bits per heavy atom. The summed E-state index contributed by atoms with van der Waals surface area (Å²) in [5.74, 6) is -2.14. The zero-order valence-corrected chi connectivity index (χ0v) is 10.0. The fraction of sp³-hybridized carbons (Fsp3) is 0.154. The Labute approximate surface area is 108 Å². The summed E-state index contributed by atoms with van der Waals surface area (Å²) in [6, 6.07) is 6.72. The number of amides is 1. The van der Waals surface area contributed by atoms with E-state index in [4.69, 9.17) is 9.84 Å². The number of hydrogen-bond acceptors (Lipinski definition) is 4. The van der Waals surface area contributed by atoms with Gasteiger partial charge in [-0.25, -0.2) is 9.59 Å². The van der Waals surface area contributed by atoms with Gasteiger partial charge in [-0.2, -0.15) is 0 Å². The highest BCUT2D eigenvalue weighted by molar-refractivity contribution is 5.99. The Hall–Kier alpha value is -2.63. The van der Waals surface area contributed by atoms with Crippen molar-refractivity contribution in [2.45, 2.75) is 12.5 Å². The first-order chi connectivity index (χ1) is 8.93. The molecule has 0 bridgehead atoms. The zero-order chi connectivity index (χ0) is 14.0. The number of carbonyl (C=O) groups is 3. The number of ether oxygens (including phenoxy) is 1. The van der Waals surface area contributed by atoms with Crippen molar-refractivity contribution in [1.29, 1.82) is 0 Å². The lowest BCUT2D eigenvalue weighted by Gasteiger charge is -2.21. The number of nitrogens with one attached hydrogen (secondary N) is 1. The quantitative estimate of drug-likeness (QED) is 0.471. The smallest absolute Gasteiger partial charge is 0.341 e. The Bertz CT molecular complexity index is 592. The molecule has 6 nitrogen and oxygen atoms in total. The molecule has 1 aromatic rings. The molecule has 0 spiro atoms. The van der Waals surface area contributed by atoms with Crippen LogP contribution in [0.15, 0.2) is 36.4 Å². The van der Waals surface area contributed by atoms with Gasteiger partial charge in [0.1, 0.15) is 5.75 Å². The number of carbonyl (C=O) groups excluding carboxylic acids is 2. The molecule has 0 radical (unpaired) electrons. The molecule has 0 aliphatic carbocycles. The van der Waals surface area contributed by atoms with Crippen LogP contribution in [-0.4, -0.2) is 23.0 Å². The summed E-state index contributed by atoms with van der Waals surface area (Å²) in [7, 11) is 0. The van der Waals surface area contributed by atoms with Crippen molar-refractivity contribution in [3.05, 3.63) is 42.0 Å². The maximum Gasteiger partial charge on any atom is 0.341 e. The standard InChI is InChI=1S/C13H11NO5/c1-13(14-10(15)6-7-11(16)17)8-4-2-3-5-9(8)19-12(13)18/h2-7H,1H3,(H,14,15)(H,16,17)/b7-6+/t13-/m0/s1. The van der Waals surface area contributed by atoms with Crippen molar-refractivity contribution in [3.63, 3.8) is 0 Å². The predicted molar refractivity (Wildman–Crippen MR) is 64.3 cm³/mol. The van der Waals surface area contributed by atoms with Gasteiger partial charge in [0.05, 0.1) is 0 Å². The third-order valence-corrected chi connectivity index (χ3v) is 2.79. The van der Waals surface area contributed by atoms with E-state index in [-0.39, 0.29) is 0 Å². The van der Waals surface area contributed by atoms with Gasteiger partial charge >= 0.3 is 11.9 Å². The highest BCUT2D eigenvalue weighted by Crippen LogP contribution is 2.37. The summed E-state index contributed by atoms with van der Waals surface area (Å²) in [6.45, 7) is 1.51. The van der Waals surface area contributed by atoms with Crippen LogP contribution >= 0.6 is 0 Å². The van der Waals surface area contributed by atoms with Gasteiger partial charge < -0.3 is 15.2 Å². The molecule has 1 aliphatic rings. The fourth-order valence-electron chi connectivity index (χ4n) is 1.83. The number of para-hydroxylation sites is 1. The maximum atomic E-state index is 11.8. The van der Waals surface area contributed by atoms with Crippen LogP contribution in [0, 0.1) is 0 Å². The number of carboxylic acids is 1. The molecule has 19 heavy (non-hydrogen) atoms. The van der Waals surface area contributed by atoms with E-state index in [2.05, 4.69) is 5.32 Å². The van der Waals surface area contributed by atoms with Gasteiger partial charge in [0.2, 0.25) is 5.91 Å².